The number of aromatic nitrogens is 1. The second kappa shape index (κ2) is 8.42. The van der Waals surface area contributed by atoms with Crippen LogP contribution in [0.2, 0.25) is 0 Å². The van der Waals surface area contributed by atoms with Gasteiger partial charge in [0.05, 0.1) is 11.0 Å². The van der Waals surface area contributed by atoms with Crippen LogP contribution in [-0.4, -0.2) is 22.9 Å². The normalized spacial score (nSPS) is 11.6. The third kappa shape index (κ3) is 4.19. The van der Waals surface area contributed by atoms with Gasteiger partial charge in [0.25, 0.3) is 0 Å². The number of carbonyl (C=O) groups excluding carboxylic acids is 2. The highest BCUT2D eigenvalue weighted by Crippen LogP contribution is 2.22. The first-order chi connectivity index (χ1) is 15.3. The van der Waals surface area contributed by atoms with E-state index in [1.807, 2.05) is 24.3 Å². The first-order valence-electron chi connectivity index (χ1n) is 10.6. The highest BCUT2D eigenvalue weighted by Gasteiger charge is 2.17. The summed E-state index contributed by atoms with van der Waals surface area (Å²) in [6, 6.07) is 21.7. The van der Waals surface area contributed by atoms with Crippen LogP contribution in [0.5, 0.6) is 0 Å². The van der Waals surface area contributed by atoms with Gasteiger partial charge in [0.1, 0.15) is 6.54 Å². The van der Waals surface area contributed by atoms with E-state index in [2.05, 4.69) is 20.8 Å². The second-order valence-electron chi connectivity index (χ2n) is 8.86. The lowest BCUT2D eigenvalue weighted by Gasteiger charge is -2.19. The molecule has 162 valence electrons. The minimum atomic E-state index is -0.538. The Morgan fingerprint density at radius 1 is 0.812 bits per heavy atom. The summed E-state index contributed by atoms with van der Waals surface area (Å²) >= 11 is 0. The van der Waals surface area contributed by atoms with Crippen molar-refractivity contribution >= 4 is 33.6 Å². The Morgan fingerprint density at radius 3 is 1.88 bits per heavy atom. The van der Waals surface area contributed by atoms with Crippen LogP contribution in [-0.2, 0) is 21.5 Å². The predicted octanol–water partition coefficient (Wildman–Crippen LogP) is 4.88. The van der Waals surface area contributed by atoms with Gasteiger partial charge in [-0.1, -0.05) is 69.3 Å². The molecule has 4 aromatic rings. The van der Waals surface area contributed by atoms with Gasteiger partial charge in [-0.3, -0.25) is 14.4 Å². The number of hydrogen-bond donors (Lipinski definition) is 0. The number of ether oxygens (including phenoxy) is 1. The minimum Gasteiger partial charge on any atom is -0.456 e. The minimum absolute atomic E-state index is 0.00352. The molecule has 0 atom stereocenters. The van der Waals surface area contributed by atoms with Crippen LogP contribution in [0.1, 0.15) is 36.7 Å². The maximum Gasteiger partial charge on any atom is 0.326 e. The van der Waals surface area contributed by atoms with Crippen molar-refractivity contribution in [3.63, 3.8) is 0 Å². The van der Waals surface area contributed by atoms with E-state index in [1.54, 1.807) is 53.1 Å². The Morgan fingerprint density at radius 2 is 1.34 bits per heavy atom. The van der Waals surface area contributed by atoms with Gasteiger partial charge in [-0.15, -0.1) is 0 Å². The predicted molar refractivity (Wildman–Crippen MR) is 126 cm³/mol. The Balaban J connectivity index is 1.54. The van der Waals surface area contributed by atoms with Crippen LogP contribution in [0.25, 0.3) is 21.8 Å². The molecular formula is C27H25NO4. The van der Waals surface area contributed by atoms with Crippen molar-refractivity contribution < 1.29 is 14.3 Å². The molecule has 0 aliphatic heterocycles. The number of fused-ring (bicyclic) bond motifs is 2. The number of esters is 1. The van der Waals surface area contributed by atoms with Gasteiger partial charge in [-0.2, -0.15) is 0 Å². The van der Waals surface area contributed by atoms with E-state index in [1.165, 1.54) is 0 Å². The van der Waals surface area contributed by atoms with Crippen molar-refractivity contribution in [2.45, 2.75) is 32.7 Å². The number of Topliss-reactive ketones (excluding diaryl/α,β-unsaturated/α-hetero) is 1. The molecule has 0 aliphatic carbocycles. The average molecular weight is 428 g/mol. The highest BCUT2D eigenvalue weighted by molar-refractivity contribution is 5.98. The number of hydrogen-bond acceptors (Lipinski definition) is 4. The summed E-state index contributed by atoms with van der Waals surface area (Å²) in [7, 11) is 0. The lowest BCUT2D eigenvalue weighted by Crippen LogP contribution is -2.21. The second-order valence-corrected chi connectivity index (χ2v) is 8.86. The average Bonchev–Trinajstić information content (AvgIpc) is 2.79. The Hall–Kier alpha value is -3.73. The molecule has 0 fully saturated rings. The fourth-order valence-electron chi connectivity index (χ4n) is 3.81. The van der Waals surface area contributed by atoms with Crippen LogP contribution in [0, 0.1) is 0 Å². The Kier molecular flexibility index (Phi) is 5.66. The molecule has 1 heterocycles. The molecule has 0 saturated heterocycles. The largest absolute Gasteiger partial charge is 0.456 e. The number of rotatable bonds is 5. The van der Waals surface area contributed by atoms with Crippen molar-refractivity contribution in [1.82, 2.24) is 4.57 Å². The molecule has 5 heteroatoms. The summed E-state index contributed by atoms with van der Waals surface area (Å²) in [5, 5.41) is 1.07. The van der Waals surface area contributed by atoms with Crippen LogP contribution >= 0.6 is 0 Å². The molecule has 3 aromatic carbocycles. The van der Waals surface area contributed by atoms with Crippen molar-refractivity contribution in [2.75, 3.05) is 6.61 Å². The Labute approximate surface area is 186 Å². The molecule has 0 radical (unpaired) electrons. The number of pyridine rings is 1. The molecule has 0 bridgehead atoms. The number of benzene rings is 3. The zero-order chi connectivity index (χ0) is 22.9. The van der Waals surface area contributed by atoms with Gasteiger partial charge in [0, 0.05) is 16.3 Å². The fourth-order valence-corrected chi connectivity index (χ4v) is 3.81. The van der Waals surface area contributed by atoms with E-state index >= 15 is 0 Å². The monoisotopic (exact) mass is 427 g/mol. The summed E-state index contributed by atoms with van der Waals surface area (Å²) in [5.74, 6) is -0.794. The van der Waals surface area contributed by atoms with E-state index in [9.17, 15) is 14.4 Å². The highest BCUT2D eigenvalue weighted by atomic mass is 16.5. The third-order valence-electron chi connectivity index (χ3n) is 5.60. The summed E-state index contributed by atoms with van der Waals surface area (Å²) < 4.78 is 7.06. The van der Waals surface area contributed by atoms with Crippen LogP contribution in [0.15, 0.2) is 77.6 Å². The van der Waals surface area contributed by atoms with Crippen molar-refractivity contribution in [2.24, 2.45) is 0 Å². The molecule has 1 aromatic heterocycles. The van der Waals surface area contributed by atoms with E-state index in [0.717, 1.165) is 5.56 Å². The van der Waals surface area contributed by atoms with E-state index < -0.39 is 5.97 Å². The molecule has 5 nitrogen and oxygen atoms in total. The molecular weight excluding hydrogens is 402 g/mol. The Bertz CT molecular complexity index is 1320. The molecule has 0 amide bonds. The maximum absolute atomic E-state index is 12.8. The number of ketones is 1. The first-order valence-corrected chi connectivity index (χ1v) is 10.6. The van der Waals surface area contributed by atoms with Gasteiger partial charge in [0.15, 0.2) is 17.8 Å². The summed E-state index contributed by atoms with van der Waals surface area (Å²) in [6.45, 7) is 5.89. The zero-order valence-electron chi connectivity index (χ0n) is 18.4. The maximum atomic E-state index is 12.8. The lowest BCUT2D eigenvalue weighted by atomic mass is 9.86. The fraction of sp³-hybridized carbons (Fsp3) is 0.222. The molecule has 0 spiro atoms. The number of para-hydroxylation sites is 2. The topological polar surface area (TPSA) is 65.4 Å². The summed E-state index contributed by atoms with van der Waals surface area (Å²) in [5.41, 5.74) is 2.86. The van der Waals surface area contributed by atoms with Gasteiger partial charge in [0.2, 0.25) is 0 Å². The van der Waals surface area contributed by atoms with Gasteiger partial charge < -0.3 is 9.30 Å². The van der Waals surface area contributed by atoms with Crippen molar-refractivity contribution in [1.29, 1.82) is 0 Å². The quantitative estimate of drug-likeness (QED) is 0.259. The number of carbonyl (C=O) groups is 2. The summed E-state index contributed by atoms with van der Waals surface area (Å²) in [4.78, 5) is 37.9. The molecule has 0 N–H and O–H groups in total. The zero-order valence-corrected chi connectivity index (χ0v) is 18.4. The molecule has 0 aliphatic rings. The molecule has 0 saturated carbocycles. The van der Waals surface area contributed by atoms with Crippen molar-refractivity contribution in [3.05, 3.63) is 94.1 Å². The molecule has 0 unspecified atom stereocenters. The third-order valence-corrected chi connectivity index (χ3v) is 5.60. The van der Waals surface area contributed by atoms with Gasteiger partial charge in [-0.25, -0.2) is 0 Å². The summed E-state index contributed by atoms with van der Waals surface area (Å²) in [6.07, 6.45) is 0. The van der Waals surface area contributed by atoms with E-state index in [0.29, 0.717) is 27.4 Å². The molecule has 4 rings (SSSR count). The smallest absolute Gasteiger partial charge is 0.326 e. The SMILES string of the molecule is CC(C)(C)c1ccc(C(=O)COC(=O)Cn2c3ccccc3c(=O)c3ccccc32)cc1. The van der Waals surface area contributed by atoms with Crippen LogP contribution < -0.4 is 5.43 Å². The van der Waals surface area contributed by atoms with Gasteiger partial charge in [-0.05, 0) is 35.2 Å². The molecule has 32 heavy (non-hydrogen) atoms. The van der Waals surface area contributed by atoms with Crippen LogP contribution in [0.3, 0.4) is 0 Å². The first kappa shape index (κ1) is 21.5. The van der Waals surface area contributed by atoms with E-state index in [-0.39, 0.29) is 29.8 Å². The van der Waals surface area contributed by atoms with Crippen molar-refractivity contribution in [3.8, 4) is 0 Å². The number of nitrogens with zero attached hydrogens (tertiary/aromatic N) is 1. The van der Waals surface area contributed by atoms with Crippen LogP contribution in [0.4, 0.5) is 0 Å². The standard InChI is InChI=1S/C27H25NO4/c1-27(2,3)19-14-12-18(13-15-19)24(29)17-32-25(30)16-28-22-10-6-4-8-20(22)26(31)21-9-5-7-11-23(21)28/h4-15H,16-17H2,1-3H3. The van der Waals surface area contributed by atoms with Gasteiger partial charge >= 0.3 is 5.97 Å². The lowest BCUT2D eigenvalue weighted by molar-refractivity contribution is -0.143. The van der Waals surface area contributed by atoms with E-state index in [4.69, 9.17) is 4.74 Å².